The zero-order valence-electron chi connectivity index (χ0n) is 15.2. The van der Waals surface area contributed by atoms with Crippen molar-refractivity contribution in [1.29, 1.82) is 0 Å². The van der Waals surface area contributed by atoms with Gasteiger partial charge >= 0.3 is 12.0 Å². The van der Waals surface area contributed by atoms with E-state index in [9.17, 15) is 14.4 Å². The molecule has 7 nitrogen and oxygen atoms in total. The summed E-state index contributed by atoms with van der Waals surface area (Å²) >= 11 is 0. The lowest BCUT2D eigenvalue weighted by atomic mass is 10.1. The van der Waals surface area contributed by atoms with Gasteiger partial charge in [0.25, 0.3) is 0 Å². The number of hydrogen-bond acceptors (Lipinski definition) is 4. The third kappa shape index (κ3) is 4.08. The molecule has 2 N–H and O–H groups in total. The lowest BCUT2D eigenvalue weighted by molar-refractivity contribution is -0.138. The van der Waals surface area contributed by atoms with E-state index >= 15 is 0 Å². The Bertz CT molecular complexity index is 864. The fourth-order valence-electron chi connectivity index (χ4n) is 2.88. The summed E-state index contributed by atoms with van der Waals surface area (Å²) in [4.78, 5) is 38.8. The first-order valence-corrected chi connectivity index (χ1v) is 8.74. The summed E-state index contributed by atoms with van der Waals surface area (Å²) in [6.07, 6.45) is -0.210. The number of nitrogens with zero attached hydrogens (tertiary/aromatic N) is 1. The van der Waals surface area contributed by atoms with E-state index in [-0.39, 0.29) is 12.3 Å². The molecule has 1 heterocycles. The fourth-order valence-corrected chi connectivity index (χ4v) is 2.88. The van der Waals surface area contributed by atoms with E-state index in [0.717, 1.165) is 5.56 Å². The number of carbonyl (C=O) groups is 3. The highest BCUT2D eigenvalue weighted by atomic mass is 16.5. The van der Waals surface area contributed by atoms with Gasteiger partial charge in [-0.3, -0.25) is 9.69 Å². The molecule has 2 aromatic carbocycles. The van der Waals surface area contributed by atoms with Crippen LogP contribution in [0.1, 0.15) is 18.9 Å². The first-order chi connectivity index (χ1) is 13.0. The monoisotopic (exact) mass is 367 g/mol. The number of esters is 1. The van der Waals surface area contributed by atoms with Gasteiger partial charge in [0.05, 0.1) is 12.1 Å². The second-order valence-corrected chi connectivity index (χ2v) is 6.23. The SMILES string of the molecule is CCNC(=O)N1c2ccccc2OC(=O)[C@@H]1CC(=O)Nc1ccc(C)cc1. The van der Waals surface area contributed by atoms with Crippen molar-refractivity contribution in [1.82, 2.24) is 5.32 Å². The number of benzene rings is 2. The summed E-state index contributed by atoms with van der Waals surface area (Å²) in [6.45, 7) is 4.13. The maximum atomic E-state index is 12.6. The van der Waals surface area contributed by atoms with Crippen LogP contribution < -0.4 is 20.3 Å². The van der Waals surface area contributed by atoms with Crippen molar-refractivity contribution in [2.75, 3.05) is 16.8 Å². The zero-order valence-corrected chi connectivity index (χ0v) is 15.2. The smallest absolute Gasteiger partial charge is 0.335 e. The van der Waals surface area contributed by atoms with Gasteiger partial charge in [0.15, 0.2) is 5.75 Å². The van der Waals surface area contributed by atoms with E-state index in [0.29, 0.717) is 23.7 Å². The van der Waals surface area contributed by atoms with Gasteiger partial charge < -0.3 is 15.4 Å². The second-order valence-electron chi connectivity index (χ2n) is 6.23. The quantitative estimate of drug-likeness (QED) is 0.642. The van der Waals surface area contributed by atoms with Crippen molar-refractivity contribution in [2.24, 2.45) is 0 Å². The van der Waals surface area contributed by atoms with Crippen molar-refractivity contribution in [3.05, 3.63) is 54.1 Å². The van der Waals surface area contributed by atoms with E-state index in [1.165, 1.54) is 4.90 Å². The number of amides is 3. The van der Waals surface area contributed by atoms with Crippen LogP contribution in [0.15, 0.2) is 48.5 Å². The largest absolute Gasteiger partial charge is 0.423 e. The van der Waals surface area contributed by atoms with Crippen LogP contribution >= 0.6 is 0 Å². The second kappa shape index (κ2) is 7.90. The molecular weight excluding hydrogens is 346 g/mol. The molecule has 27 heavy (non-hydrogen) atoms. The first-order valence-electron chi connectivity index (χ1n) is 8.74. The number of hydrogen-bond donors (Lipinski definition) is 2. The Hall–Kier alpha value is -3.35. The molecule has 3 rings (SSSR count). The summed E-state index contributed by atoms with van der Waals surface area (Å²) in [5, 5.41) is 5.43. The van der Waals surface area contributed by atoms with E-state index in [1.54, 1.807) is 43.3 Å². The highest BCUT2D eigenvalue weighted by Gasteiger charge is 2.39. The van der Waals surface area contributed by atoms with Gasteiger partial charge in [-0.2, -0.15) is 0 Å². The molecule has 1 aliphatic rings. The normalized spacial score (nSPS) is 15.6. The molecule has 1 atom stereocenters. The van der Waals surface area contributed by atoms with Crippen molar-refractivity contribution in [2.45, 2.75) is 26.3 Å². The topological polar surface area (TPSA) is 87.7 Å². The molecule has 0 aromatic heterocycles. The molecule has 1 aliphatic heterocycles. The third-order valence-electron chi connectivity index (χ3n) is 4.18. The number of nitrogens with one attached hydrogen (secondary N) is 2. The Labute approximate surface area is 157 Å². The van der Waals surface area contributed by atoms with Crippen LogP contribution in [0.3, 0.4) is 0 Å². The van der Waals surface area contributed by atoms with Crippen molar-refractivity contribution >= 4 is 29.3 Å². The van der Waals surface area contributed by atoms with Crippen molar-refractivity contribution < 1.29 is 19.1 Å². The molecule has 7 heteroatoms. The number of aryl methyl sites for hydroxylation is 1. The van der Waals surface area contributed by atoms with E-state index < -0.39 is 18.0 Å². The predicted octanol–water partition coefficient (Wildman–Crippen LogP) is 2.85. The number of carbonyl (C=O) groups excluding carboxylic acids is 3. The molecule has 0 fully saturated rings. The maximum Gasteiger partial charge on any atom is 0.335 e. The van der Waals surface area contributed by atoms with Crippen LogP contribution in [0.4, 0.5) is 16.2 Å². The maximum absolute atomic E-state index is 12.6. The van der Waals surface area contributed by atoms with Crippen LogP contribution in [0.5, 0.6) is 5.75 Å². The van der Waals surface area contributed by atoms with Gasteiger partial charge in [0.2, 0.25) is 5.91 Å². The lowest BCUT2D eigenvalue weighted by Gasteiger charge is -2.34. The molecular formula is C20H21N3O4. The minimum absolute atomic E-state index is 0.210. The Morgan fingerprint density at radius 2 is 1.81 bits per heavy atom. The third-order valence-corrected chi connectivity index (χ3v) is 4.18. The van der Waals surface area contributed by atoms with Gasteiger partial charge in [-0.05, 0) is 38.1 Å². The zero-order chi connectivity index (χ0) is 19.4. The molecule has 0 radical (unpaired) electrons. The number of fused-ring (bicyclic) bond motifs is 1. The highest BCUT2D eigenvalue weighted by Crippen LogP contribution is 2.35. The summed E-state index contributed by atoms with van der Waals surface area (Å²) in [6, 6.07) is 12.6. The molecule has 0 aliphatic carbocycles. The molecule has 140 valence electrons. The predicted molar refractivity (Wildman–Crippen MR) is 102 cm³/mol. The van der Waals surface area contributed by atoms with E-state index in [1.807, 2.05) is 19.1 Å². The molecule has 3 amide bonds. The first kappa shape index (κ1) is 18.4. The molecule has 0 saturated carbocycles. The average molecular weight is 367 g/mol. The Morgan fingerprint density at radius 3 is 2.52 bits per heavy atom. The average Bonchev–Trinajstić information content (AvgIpc) is 2.64. The van der Waals surface area contributed by atoms with Crippen LogP contribution in [-0.4, -0.2) is 30.5 Å². The minimum Gasteiger partial charge on any atom is -0.423 e. The van der Waals surface area contributed by atoms with Gasteiger partial charge in [0.1, 0.15) is 6.04 Å². The molecule has 0 bridgehead atoms. The van der Waals surface area contributed by atoms with Crippen LogP contribution in [0, 0.1) is 6.92 Å². The Morgan fingerprint density at radius 1 is 1.11 bits per heavy atom. The Kier molecular flexibility index (Phi) is 5.40. The van der Waals surface area contributed by atoms with Crippen LogP contribution in [0.2, 0.25) is 0 Å². The number of rotatable bonds is 4. The highest BCUT2D eigenvalue weighted by molar-refractivity contribution is 6.05. The Balaban J connectivity index is 1.83. The number of anilines is 2. The van der Waals surface area contributed by atoms with Gasteiger partial charge in [0, 0.05) is 12.2 Å². The summed E-state index contributed by atoms with van der Waals surface area (Å²) < 4.78 is 5.33. The standard InChI is InChI=1S/C20H21N3O4/c1-3-21-20(26)23-15-6-4-5-7-17(15)27-19(25)16(23)12-18(24)22-14-10-8-13(2)9-11-14/h4-11,16H,3,12H2,1-2H3,(H,21,26)(H,22,24)/t16-/m0/s1. The van der Waals surface area contributed by atoms with Gasteiger partial charge in [-0.1, -0.05) is 29.8 Å². The van der Waals surface area contributed by atoms with Crippen LogP contribution in [0.25, 0.3) is 0 Å². The molecule has 0 saturated heterocycles. The molecule has 0 spiro atoms. The fraction of sp³-hybridized carbons (Fsp3) is 0.250. The summed E-state index contributed by atoms with van der Waals surface area (Å²) in [7, 11) is 0. The van der Waals surface area contributed by atoms with Crippen LogP contribution in [-0.2, 0) is 9.59 Å². The van der Waals surface area contributed by atoms with Gasteiger partial charge in [-0.25, -0.2) is 9.59 Å². The van der Waals surface area contributed by atoms with Crippen molar-refractivity contribution in [3.8, 4) is 5.75 Å². The molecule has 0 unspecified atom stereocenters. The van der Waals surface area contributed by atoms with E-state index in [2.05, 4.69) is 10.6 Å². The summed E-state index contributed by atoms with van der Waals surface area (Å²) in [5.74, 6) is -0.725. The van der Waals surface area contributed by atoms with E-state index in [4.69, 9.17) is 4.74 Å². The lowest BCUT2D eigenvalue weighted by Crippen LogP contribution is -2.54. The number of ether oxygens (including phenoxy) is 1. The minimum atomic E-state index is -1.04. The van der Waals surface area contributed by atoms with Gasteiger partial charge in [-0.15, -0.1) is 0 Å². The number of urea groups is 1. The summed E-state index contributed by atoms with van der Waals surface area (Å²) in [5.41, 5.74) is 2.15. The number of para-hydroxylation sites is 2. The van der Waals surface area contributed by atoms with Crippen molar-refractivity contribution in [3.63, 3.8) is 0 Å². The molecule has 2 aromatic rings.